The summed E-state index contributed by atoms with van der Waals surface area (Å²) < 4.78 is 7.94. The molecule has 0 aliphatic carbocycles. The molecule has 0 aliphatic heterocycles. The van der Waals surface area contributed by atoms with E-state index in [1.165, 1.54) is 42.2 Å². The van der Waals surface area contributed by atoms with Crippen molar-refractivity contribution >= 4 is 54.1 Å². The van der Waals surface area contributed by atoms with E-state index in [4.69, 9.17) is 9.40 Å². The lowest BCUT2D eigenvalue weighted by Gasteiger charge is -2.22. The zero-order chi connectivity index (χ0) is 24.5. The number of aromatic nitrogens is 1. The normalized spacial score (nSPS) is 12.7. The van der Waals surface area contributed by atoms with Crippen molar-refractivity contribution in [3.63, 3.8) is 0 Å². The minimum Gasteiger partial charge on any atom is -0.454 e. The molecule has 0 aliphatic rings. The van der Waals surface area contributed by atoms with Gasteiger partial charge in [0, 0.05) is 32.1 Å². The first kappa shape index (κ1) is 22.3. The summed E-state index contributed by atoms with van der Waals surface area (Å²) in [7, 11) is 0. The summed E-state index contributed by atoms with van der Waals surface area (Å²) in [4.78, 5) is 6.26. The zero-order valence-electron chi connectivity index (χ0n) is 21.3. The summed E-state index contributed by atoms with van der Waals surface area (Å²) in [5.41, 5.74) is 6.65. The van der Waals surface area contributed by atoms with Gasteiger partial charge in [0.15, 0.2) is 5.58 Å². The highest BCUT2D eigenvalue weighted by Gasteiger charge is 2.21. The second-order valence-corrected chi connectivity index (χ2v) is 12.5. The predicted octanol–water partition coefficient (Wildman–Crippen LogP) is 9.82. The Morgan fingerprint density at radius 2 is 1.71 bits per heavy atom. The number of hydrogen-bond donors (Lipinski definition) is 0. The van der Waals surface area contributed by atoms with Crippen LogP contribution in [0.2, 0.25) is 0 Å². The van der Waals surface area contributed by atoms with Crippen LogP contribution in [0.15, 0.2) is 65.2 Å². The van der Waals surface area contributed by atoms with Gasteiger partial charge in [-0.25, -0.2) is 0 Å². The molecule has 2 nitrogen and oxygen atoms in total. The van der Waals surface area contributed by atoms with Crippen LogP contribution in [0.1, 0.15) is 50.6 Å². The molecule has 3 aromatic heterocycles. The minimum absolute atomic E-state index is 0.0203. The largest absolute Gasteiger partial charge is 0.454 e. The lowest BCUT2D eigenvalue weighted by molar-refractivity contribution is 0.596. The maximum absolute atomic E-state index is 6.60. The van der Waals surface area contributed by atoms with Crippen LogP contribution in [-0.2, 0) is 11.8 Å². The summed E-state index contributed by atoms with van der Waals surface area (Å²) in [6.45, 7) is 13.6. The van der Waals surface area contributed by atoms with Crippen molar-refractivity contribution in [3.05, 3.63) is 76.8 Å². The molecule has 0 fully saturated rings. The van der Waals surface area contributed by atoms with Gasteiger partial charge in [-0.3, -0.25) is 4.98 Å². The molecule has 35 heavy (non-hydrogen) atoms. The summed E-state index contributed by atoms with van der Waals surface area (Å²) in [5.74, 6) is 0.624. The van der Waals surface area contributed by atoms with Gasteiger partial charge in [0.2, 0.25) is 0 Å². The highest BCUT2D eigenvalue weighted by molar-refractivity contribution is 7.19. The third-order valence-electron chi connectivity index (χ3n) is 7.06. The van der Waals surface area contributed by atoms with E-state index >= 15 is 0 Å². The highest BCUT2D eigenvalue weighted by atomic mass is 32.1. The Balaban J connectivity index is 1.62. The second kappa shape index (κ2) is 7.93. The van der Waals surface area contributed by atoms with Crippen molar-refractivity contribution < 1.29 is 4.42 Å². The molecule has 0 N–H and O–H groups in total. The number of hydrogen-bond acceptors (Lipinski definition) is 3. The van der Waals surface area contributed by atoms with E-state index in [-0.39, 0.29) is 5.41 Å². The van der Waals surface area contributed by atoms with E-state index in [1.807, 2.05) is 17.5 Å². The van der Waals surface area contributed by atoms with Crippen molar-refractivity contribution in [1.29, 1.82) is 0 Å². The quantitative estimate of drug-likeness (QED) is 0.253. The van der Waals surface area contributed by atoms with Crippen LogP contribution in [0.5, 0.6) is 0 Å². The van der Waals surface area contributed by atoms with E-state index in [2.05, 4.69) is 96.1 Å². The minimum atomic E-state index is 0.0203. The lowest BCUT2D eigenvalue weighted by atomic mass is 9.82. The third-order valence-corrected chi connectivity index (χ3v) is 8.17. The lowest BCUT2D eigenvalue weighted by Crippen LogP contribution is -2.12. The monoisotopic (exact) mass is 477 g/mol. The molecule has 3 aromatic carbocycles. The molecule has 0 amide bonds. The van der Waals surface area contributed by atoms with Gasteiger partial charge in [-0.2, -0.15) is 0 Å². The highest BCUT2D eigenvalue weighted by Crippen LogP contribution is 2.42. The molecule has 176 valence electrons. The van der Waals surface area contributed by atoms with Gasteiger partial charge in [-0.1, -0.05) is 58.9 Å². The zero-order valence-corrected chi connectivity index (χ0v) is 22.1. The average Bonchev–Trinajstić information content (AvgIpc) is 3.32. The first-order valence-electron chi connectivity index (χ1n) is 12.5. The SMILES string of the molecule is Cc1sc2cc3c(cc2c1CC(C)C)oc1c(-c2cc(C(C)(C)C)c4ccccc4c2)nccc13. The number of aryl methyl sites for hydroxylation is 1. The van der Waals surface area contributed by atoms with Crippen molar-refractivity contribution in [2.75, 3.05) is 0 Å². The van der Waals surface area contributed by atoms with Gasteiger partial charge in [-0.05, 0) is 82.3 Å². The maximum Gasteiger partial charge on any atom is 0.161 e. The summed E-state index contributed by atoms with van der Waals surface area (Å²) in [6, 6.07) is 19.9. The summed E-state index contributed by atoms with van der Waals surface area (Å²) in [5, 5.41) is 6.18. The number of thiophene rings is 1. The average molecular weight is 478 g/mol. The van der Waals surface area contributed by atoms with Gasteiger partial charge in [0.05, 0.1) is 0 Å². The Hall–Kier alpha value is -3.17. The molecule has 0 saturated heterocycles. The van der Waals surface area contributed by atoms with E-state index in [9.17, 15) is 0 Å². The Kier molecular flexibility index (Phi) is 5.05. The number of nitrogens with zero attached hydrogens (tertiary/aromatic N) is 1. The molecule has 3 heteroatoms. The molecular formula is C32H31NOS. The molecule has 0 spiro atoms. The molecule has 6 rings (SSSR count). The number of rotatable bonds is 3. The molecule has 0 bridgehead atoms. The fraction of sp³-hybridized carbons (Fsp3) is 0.281. The van der Waals surface area contributed by atoms with Gasteiger partial charge in [0.1, 0.15) is 11.3 Å². The van der Waals surface area contributed by atoms with Crippen LogP contribution in [0.25, 0.3) is 54.1 Å². The van der Waals surface area contributed by atoms with Gasteiger partial charge in [0.25, 0.3) is 0 Å². The molecule has 0 unspecified atom stereocenters. The predicted molar refractivity (Wildman–Crippen MR) is 152 cm³/mol. The van der Waals surface area contributed by atoms with E-state index in [0.717, 1.165) is 34.2 Å². The second-order valence-electron chi connectivity index (χ2n) is 11.2. The van der Waals surface area contributed by atoms with Gasteiger partial charge >= 0.3 is 0 Å². The van der Waals surface area contributed by atoms with Crippen LogP contribution in [-0.4, -0.2) is 4.98 Å². The Morgan fingerprint density at radius 3 is 2.49 bits per heavy atom. The molecule has 6 aromatic rings. The van der Waals surface area contributed by atoms with Crippen LogP contribution < -0.4 is 0 Å². The molecule has 3 heterocycles. The van der Waals surface area contributed by atoms with Gasteiger partial charge in [-0.15, -0.1) is 11.3 Å². The van der Waals surface area contributed by atoms with Crippen molar-refractivity contribution in [2.45, 2.75) is 53.4 Å². The summed E-state index contributed by atoms with van der Waals surface area (Å²) >= 11 is 1.90. The van der Waals surface area contributed by atoms with Crippen molar-refractivity contribution in [1.82, 2.24) is 4.98 Å². The van der Waals surface area contributed by atoms with Crippen molar-refractivity contribution in [2.24, 2.45) is 5.92 Å². The molecular weight excluding hydrogens is 446 g/mol. The van der Waals surface area contributed by atoms with Crippen LogP contribution >= 0.6 is 11.3 Å². The number of furan rings is 1. The van der Waals surface area contributed by atoms with E-state index < -0.39 is 0 Å². The third kappa shape index (κ3) is 3.65. The Morgan fingerprint density at radius 1 is 0.914 bits per heavy atom. The van der Waals surface area contributed by atoms with E-state index in [1.54, 1.807) is 0 Å². The Labute approximate surface area is 210 Å². The first-order chi connectivity index (χ1) is 16.7. The fourth-order valence-electron chi connectivity index (χ4n) is 5.40. The van der Waals surface area contributed by atoms with Crippen LogP contribution in [0.4, 0.5) is 0 Å². The number of pyridine rings is 1. The Bertz CT molecular complexity index is 1740. The summed E-state index contributed by atoms with van der Waals surface area (Å²) in [6.07, 6.45) is 3.02. The molecule has 0 saturated carbocycles. The van der Waals surface area contributed by atoms with Crippen LogP contribution in [0.3, 0.4) is 0 Å². The van der Waals surface area contributed by atoms with E-state index in [0.29, 0.717) is 5.92 Å². The van der Waals surface area contributed by atoms with Crippen LogP contribution in [0, 0.1) is 12.8 Å². The number of fused-ring (bicyclic) bond motifs is 5. The molecule has 0 atom stereocenters. The smallest absolute Gasteiger partial charge is 0.161 e. The molecule has 0 radical (unpaired) electrons. The first-order valence-corrected chi connectivity index (χ1v) is 13.3. The number of benzene rings is 3. The topological polar surface area (TPSA) is 26.0 Å². The maximum atomic E-state index is 6.60. The fourth-order valence-corrected chi connectivity index (χ4v) is 6.52. The standard InChI is InChI=1S/C32H31NOS/c1-18(2)13-24-19(3)35-29-17-25-23-11-12-33-30(31(23)34-28(25)16-26(24)29)21-14-20-9-7-8-10-22(20)27(15-21)32(4,5)6/h7-12,14-18H,13H2,1-6H3. The van der Waals surface area contributed by atoms with Gasteiger partial charge < -0.3 is 4.42 Å². The van der Waals surface area contributed by atoms with Crippen molar-refractivity contribution in [3.8, 4) is 11.3 Å².